The molecule has 6 heteroatoms. The van der Waals surface area contributed by atoms with E-state index in [1.165, 1.54) is 4.88 Å². The lowest BCUT2D eigenvalue weighted by atomic mass is 9.72. The van der Waals surface area contributed by atoms with Crippen LogP contribution in [0.3, 0.4) is 0 Å². The topological polar surface area (TPSA) is 59.9 Å². The summed E-state index contributed by atoms with van der Waals surface area (Å²) in [6, 6.07) is 15.2. The number of hydrogen-bond donors (Lipinski definition) is 1. The van der Waals surface area contributed by atoms with Crippen molar-refractivity contribution < 1.29 is 14.3 Å². The molecule has 0 aliphatic heterocycles. The lowest BCUT2D eigenvalue weighted by Gasteiger charge is -2.33. The van der Waals surface area contributed by atoms with Crippen LogP contribution < -0.4 is 14.8 Å². The predicted molar refractivity (Wildman–Crippen MR) is 153 cm³/mol. The van der Waals surface area contributed by atoms with Crippen molar-refractivity contribution in [2.45, 2.75) is 47.0 Å². The Balaban J connectivity index is 1.68. The number of benzene rings is 2. The molecule has 0 saturated carbocycles. The van der Waals surface area contributed by atoms with Crippen molar-refractivity contribution in [2.75, 3.05) is 18.5 Å². The molecule has 4 rings (SSSR count). The molecule has 37 heavy (non-hydrogen) atoms. The first kappa shape index (κ1) is 26.5. The van der Waals surface area contributed by atoms with Crippen molar-refractivity contribution in [2.24, 2.45) is 16.3 Å². The van der Waals surface area contributed by atoms with Gasteiger partial charge in [0.2, 0.25) is 0 Å². The number of hydrogen-bond acceptors (Lipinski definition) is 5. The van der Waals surface area contributed by atoms with Crippen LogP contribution in [0.4, 0.5) is 10.7 Å². The maximum atomic E-state index is 13.5. The highest BCUT2D eigenvalue weighted by molar-refractivity contribution is 7.16. The number of fused-ring (bicyclic) bond motifs is 1. The molecule has 1 aliphatic rings. The summed E-state index contributed by atoms with van der Waals surface area (Å²) in [7, 11) is 0. The number of thiophene rings is 1. The zero-order valence-corrected chi connectivity index (χ0v) is 22.8. The third kappa shape index (κ3) is 6.42. The molecule has 1 atom stereocenters. The summed E-state index contributed by atoms with van der Waals surface area (Å²) in [5.74, 6) is 4.15. The molecule has 1 amide bonds. The highest BCUT2D eigenvalue weighted by Gasteiger charge is 2.33. The Morgan fingerprint density at radius 2 is 1.97 bits per heavy atom. The molecule has 0 saturated heterocycles. The molecule has 0 radical (unpaired) electrons. The molecule has 1 aliphatic carbocycles. The van der Waals surface area contributed by atoms with Crippen molar-refractivity contribution in [1.82, 2.24) is 0 Å². The summed E-state index contributed by atoms with van der Waals surface area (Å²) < 4.78 is 11.3. The molecule has 0 spiro atoms. The number of carbonyl (C=O) groups is 1. The summed E-state index contributed by atoms with van der Waals surface area (Å²) in [5, 5.41) is 3.80. The molecule has 3 aromatic rings. The molecule has 0 fully saturated rings. The molecule has 192 valence electrons. The normalized spacial score (nSPS) is 15.2. The van der Waals surface area contributed by atoms with Gasteiger partial charge in [0.15, 0.2) is 11.5 Å². The number of nitrogens with zero attached hydrogens (tertiary/aromatic N) is 1. The van der Waals surface area contributed by atoms with Crippen LogP contribution in [0, 0.1) is 23.7 Å². The summed E-state index contributed by atoms with van der Waals surface area (Å²) in [6.07, 6.45) is 10.0. The number of terminal acetylenes is 1. The number of nitrogens with one attached hydrogen (secondary N) is 1. The maximum Gasteiger partial charge on any atom is 0.259 e. The van der Waals surface area contributed by atoms with Gasteiger partial charge in [0.25, 0.3) is 5.91 Å². The van der Waals surface area contributed by atoms with Gasteiger partial charge in [-0.3, -0.25) is 4.79 Å². The second kappa shape index (κ2) is 11.7. The van der Waals surface area contributed by atoms with Gasteiger partial charge in [-0.05, 0) is 79.0 Å². The fourth-order valence-corrected chi connectivity index (χ4v) is 5.86. The van der Waals surface area contributed by atoms with Gasteiger partial charge < -0.3 is 14.8 Å². The Morgan fingerprint density at radius 1 is 1.19 bits per heavy atom. The van der Waals surface area contributed by atoms with Crippen molar-refractivity contribution in [3.63, 3.8) is 0 Å². The van der Waals surface area contributed by atoms with Crippen LogP contribution in [0.2, 0.25) is 0 Å². The second-order valence-electron chi connectivity index (χ2n) is 10.2. The molecule has 1 aromatic heterocycles. The fourth-order valence-electron chi connectivity index (χ4n) is 4.60. The molecular formula is C31H34N2O3S. The Labute approximate surface area is 223 Å². The predicted octanol–water partition coefficient (Wildman–Crippen LogP) is 7.31. The van der Waals surface area contributed by atoms with Crippen molar-refractivity contribution in [3.8, 4) is 23.8 Å². The average Bonchev–Trinajstić information content (AvgIpc) is 3.25. The smallest absolute Gasteiger partial charge is 0.259 e. The van der Waals surface area contributed by atoms with Crippen LogP contribution in [0.1, 0.15) is 60.5 Å². The lowest BCUT2D eigenvalue weighted by Crippen LogP contribution is -2.27. The average molecular weight is 515 g/mol. The minimum atomic E-state index is -0.113. The van der Waals surface area contributed by atoms with Gasteiger partial charge in [0.1, 0.15) is 11.6 Å². The van der Waals surface area contributed by atoms with E-state index in [0.717, 1.165) is 41.1 Å². The van der Waals surface area contributed by atoms with Crippen molar-refractivity contribution in [1.29, 1.82) is 0 Å². The number of ether oxygens (including phenoxy) is 2. The first-order valence-electron chi connectivity index (χ1n) is 12.7. The number of aliphatic imine (C=N–C) groups is 1. The number of carbonyl (C=O) groups excluding carboxylic acids is 1. The second-order valence-corrected chi connectivity index (χ2v) is 11.3. The van der Waals surface area contributed by atoms with Crippen molar-refractivity contribution >= 4 is 34.1 Å². The number of amides is 1. The standard InChI is InChI=1S/C31H34N2O3S/c1-6-17-36-25-16-13-21(18-26(25)35-7-2)20-32-30-28(29(34)33-23-11-9-8-10-12-23)24-15-14-22(31(3,4)5)19-27(24)37-30/h1,8-13,16,18,20,22H,7,14-15,17,19H2,2-5H3,(H,33,34)/t22-/m1/s1. The van der Waals surface area contributed by atoms with Gasteiger partial charge in [-0.2, -0.15) is 0 Å². The highest BCUT2D eigenvalue weighted by Crippen LogP contribution is 2.45. The third-order valence-electron chi connectivity index (χ3n) is 6.64. The first-order chi connectivity index (χ1) is 17.8. The van der Waals surface area contributed by atoms with E-state index in [9.17, 15) is 4.79 Å². The SMILES string of the molecule is C#CCOc1ccc(C=Nc2sc3c(c2C(=O)Nc2ccccc2)CC[C@@H](C(C)(C)C)C3)cc1OCC. The van der Waals surface area contributed by atoms with Gasteiger partial charge in [-0.15, -0.1) is 17.8 Å². The Morgan fingerprint density at radius 3 is 2.68 bits per heavy atom. The van der Waals surface area contributed by atoms with E-state index < -0.39 is 0 Å². The van der Waals surface area contributed by atoms with Crippen molar-refractivity contribution in [3.05, 3.63) is 70.1 Å². The molecule has 0 unspecified atom stereocenters. The van der Waals surface area contributed by atoms with E-state index in [-0.39, 0.29) is 17.9 Å². The van der Waals surface area contributed by atoms with Gasteiger partial charge in [-0.1, -0.05) is 44.9 Å². The summed E-state index contributed by atoms with van der Waals surface area (Å²) in [5.41, 5.74) is 3.67. The van der Waals surface area contributed by atoms with Crippen LogP contribution in [0.25, 0.3) is 0 Å². The zero-order valence-electron chi connectivity index (χ0n) is 22.0. The number of rotatable bonds is 8. The third-order valence-corrected chi connectivity index (χ3v) is 7.80. The molecule has 1 N–H and O–H groups in total. The van der Waals surface area contributed by atoms with Gasteiger partial charge in [-0.25, -0.2) is 4.99 Å². The highest BCUT2D eigenvalue weighted by atomic mass is 32.1. The van der Waals surface area contributed by atoms with E-state index in [1.807, 2.05) is 55.5 Å². The number of para-hydroxylation sites is 1. The Kier molecular flexibility index (Phi) is 8.35. The van der Waals surface area contributed by atoms with E-state index in [4.69, 9.17) is 20.9 Å². The summed E-state index contributed by atoms with van der Waals surface area (Å²) in [4.78, 5) is 19.6. The largest absolute Gasteiger partial charge is 0.490 e. The van der Waals surface area contributed by atoms with Crippen LogP contribution in [0.5, 0.6) is 11.5 Å². The van der Waals surface area contributed by atoms with Crippen LogP contribution in [0.15, 0.2) is 53.5 Å². The molecule has 1 heterocycles. The number of anilines is 1. The quantitative estimate of drug-likeness (QED) is 0.253. The Bertz CT molecular complexity index is 1310. The maximum absolute atomic E-state index is 13.5. The lowest BCUT2D eigenvalue weighted by molar-refractivity contribution is 0.102. The zero-order chi connectivity index (χ0) is 26.4. The van der Waals surface area contributed by atoms with Crippen LogP contribution in [-0.2, 0) is 12.8 Å². The van der Waals surface area contributed by atoms with E-state index in [1.54, 1.807) is 17.6 Å². The Hall–Kier alpha value is -3.56. The molecule has 0 bridgehead atoms. The van der Waals surface area contributed by atoms with Gasteiger partial charge in [0.05, 0.1) is 12.2 Å². The summed E-state index contributed by atoms with van der Waals surface area (Å²) in [6.45, 7) is 9.49. The monoisotopic (exact) mass is 514 g/mol. The summed E-state index contributed by atoms with van der Waals surface area (Å²) >= 11 is 1.63. The fraction of sp³-hybridized carbons (Fsp3) is 0.355. The van der Waals surface area contributed by atoms with E-state index in [2.05, 4.69) is 32.0 Å². The van der Waals surface area contributed by atoms with E-state index in [0.29, 0.717) is 29.6 Å². The minimum absolute atomic E-state index is 0.113. The first-order valence-corrected chi connectivity index (χ1v) is 13.5. The van der Waals surface area contributed by atoms with E-state index >= 15 is 0 Å². The van der Waals surface area contributed by atoms with Gasteiger partial charge in [0, 0.05) is 16.8 Å². The van der Waals surface area contributed by atoms with Gasteiger partial charge >= 0.3 is 0 Å². The minimum Gasteiger partial charge on any atom is -0.490 e. The van der Waals surface area contributed by atoms with Crippen LogP contribution >= 0.6 is 11.3 Å². The molecular weight excluding hydrogens is 480 g/mol. The molecule has 5 nitrogen and oxygen atoms in total. The van der Waals surface area contributed by atoms with Crippen LogP contribution in [-0.4, -0.2) is 25.3 Å². The molecule has 2 aromatic carbocycles.